The van der Waals surface area contributed by atoms with Crippen LogP contribution in [0, 0.1) is 18.3 Å². The number of nitrogens with one attached hydrogen (secondary N) is 1. The molecular formula is C22H29N3O3S. The average Bonchev–Trinajstić information content (AvgIpc) is 3.33. The molecule has 2 heterocycles. The number of hydrogen-bond acceptors (Lipinski definition) is 5. The summed E-state index contributed by atoms with van der Waals surface area (Å²) in [5.74, 6) is 0.140. The number of rotatable bonds is 5. The first-order valence-corrected chi connectivity index (χ1v) is 10.8. The van der Waals surface area contributed by atoms with Crippen molar-refractivity contribution in [3.63, 3.8) is 0 Å². The molecule has 2 amide bonds. The van der Waals surface area contributed by atoms with Crippen molar-refractivity contribution in [3.8, 4) is 16.2 Å². The van der Waals surface area contributed by atoms with Crippen LogP contribution in [0.5, 0.6) is 5.75 Å². The third-order valence-corrected chi connectivity index (χ3v) is 6.62. The van der Waals surface area contributed by atoms with Crippen LogP contribution in [0.3, 0.4) is 0 Å². The summed E-state index contributed by atoms with van der Waals surface area (Å²) in [5.41, 5.74) is 6.26. The Hall–Kier alpha value is -2.41. The number of hydrogen-bond donors (Lipinski definition) is 1. The lowest BCUT2D eigenvalue weighted by molar-refractivity contribution is -0.146. The second-order valence-electron chi connectivity index (χ2n) is 8.64. The van der Waals surface area contributed by atoms with E-state index in [4.69, 9.17) is 4.84 Å². The summed E-state index contributed by atoms with van der Waals surface area (Å²) in [6, 6.07) is 7.03. The molecule has 1 N–H and O–H groups in total. The highest BCUT2D eigenvalue weighted by molar-refractivity contribution is 7.13. The molecule has 29 heavy (non-hydrogen) atoms. The van der Waals surface area contributed by atoms with Gasteiger partial charge in [-0.05, 0) is 55.0 Å². The molecule has 0 spiro atoms. The van der Waals surface area contributed by atoms with Crippen LogP contribution in [0.15, 0.2) is 29.8 Å². The molecule has 1 saturated heterocycles. The van der Waals surface area contributed by atoms with Crippen molar-refractivity contribution in [2.75, 3.05) is 6.54 Å². The zero-order chi connectivity index (χ0) is 21.2. The molecule has 6 nitrogen and oxygen atoms in total. The molecular weight excluding hydrogens is 386 g/mol. The second-order valence-corrected chi connectivity index (χ2v) is 9.49. The topological polar surface area (TPSA) is 71.5 Å². The smallest absolute Gasteiger partial charge is 0.275 e. The maximum absolute atomic E-state index is 12.9. The van der Waals surface area contributed by atoms with E-state index >= 15 is 0 Å². The summed E-state index contributed by atoms with van der Waals surface area (Å²) in [6.45, 7) is 10.6. The van der Waals surface area contributed by atoms with Gasteiger partial charge in [-0.25, -0.2) is 4.98 Å². The number of aryl methyl sites for hydroxylation is 1. The Kier molecular flexibility index (Phi) is 6.27. The van der Waals surface area contributed by atoms with Gasteiger partial charge in [0.15, 0.2) is 5.75 Å². The molecule has 1 aliphatic heterocycles. The number of hydroxylamine groups is 1. The van der Waals surface area contributed by atoms with Crippen LogP contribution in [0.1, 0.15) is 46.2 Å². The zero-order valence-corrected chi connectivity index (χ0v) is 18.5. The van der Waals surface area contributed by atoms with Crippen LogP contribution in [0.4, 0.5) is 0 Å². The van der Waals surface area contributed by atoms with E-state index in [1.807, 2.05) is 64.4 Å². The first-order valence-electron chi connectivity index (χ1n) is 9.96. The van der Waals surface area contributed by atoms with Crippen molar-refractivity contribution in [3.05, 3.63) is 35.5 Å². The van der Waals surface area contributed by atoms with Crippen LogP contribution in [0.25, 0.3) is 10.4 Å². The Labute approximate surface area is 176 Å². The molecule has 1 aliphatic rings. The standard InChI is InChI=1S/C22H29N3O3S/c1-14(22(3,4)5)21(27)25-12-6-7-18(25)20(26)24-28-17-10-8-16(9-11-17)19-15(2)23-13-29-19/h8-11,13-14,18H,6-7,12H2,1-5H3,(H,24,26)/t14-,18+/m1/s1. The average molecular weight is 416 g/mol. The molecule has 3 rings (SSSR count). The van der Waals surface area contributed by atoms with Gasteiger partial charge in [0.2, 0.25) is 5.91 Å². The predicted octanol–water partition coefficient (Wildman–Crippen LogP) is 4.20. The predicted molar refractivity (Wildman–Crippen MR) is 114 cm³/mol. The highest BCUT2D eigenvalue weighted by Gasteiger charge is 2.39. The van der Waals surface area contributed by atoms with E-state index in [9.17, 15) is 9.59 Å². The summed E-state index contributed by atoms with van der Waals surface area (Å²) < 4.78 is 0. The molecule has 0 radical (unpaired) electrons. The minimum absolute atomic E-state index is 0.0273. The van der Waals surface area contributed by atoms with E-state index in [0.29, 0.717) is 18.7 Å². The first kappa shape index (κ1) is 21.3. The van der Waals surface area contributed by atoms with Crippen LogP contribution in [-0.2, 0) is 9.59 Å². The third-order valence-electron chi connectivity index (χ3n) is 5.64. The molecule has 1 fully saturated rings. The molecule has 1 aromatic carbocycles. The number of likely N-dealkylation sites (tertiary alicyclic amines) is 1. The lowest BCUT2D eigenvalue weighted by Crippen LogP contribution is -2.49. The molecule has 0 saturated carbocycles. The third kappa shape index (κ3) is 4.78. The number of nitrogens with zero attached hydrogens (tertiary/aromatic N) is 2. The van der Waals surface area contributed by atoms with E-state index in [1.165, 1.54) is 0 Å². The van der Waals surface area contributed by atoms with Gasteiger partial charge >= 0.3 is 0 Å². The fraction of sp³-hybridized carbons (Fsp3) is 0.500. The summed E-state index contributed by atoms with van der Waals surface area (Å²) >= 11 is 1.59. The lowest BCUT2D eigenvalue weighted by Gasteiger charge is -2.32. The van der Waals surface area contributed by atoms with Crippen molar-refractivity contribution < 1.29 is 14.4 Å². The van der Waals surface area contributed by atoms with Gasteiger partial charge < -0.3 is 9.74 Å². The highest BCUT2D eigenvalue weighted by Crippen LogP contribution is 2.31. The van der Waals surface area contributed by atoms with Gasteiger partial charge in [0, 0.05) is 12.5 Å². The summed E-state index contributed by atoms with van der Waals surface area (Å²) in [6.07, 6.45) is 1.48. The normalized spacial score (nSPS) is 17.8. The minimum Gasteiger partial charge on any atom is -0.379 e. The van der Waals surface area contributed by atoms with Gasteiger partial charge in [-0.2, -0.15) is 5.48 Å². The number of amides is 2. The Morgan fingerprint density at radius 3 is 2.55 bits per heavy atom. The molecule has 2 aromatic rings. The largest absolute Gasteiger partial charge is 0.379 e. The summed E-state index contributed by atoms with van der Waals surface area (Å²) in [5, 5.41) is 0. The van der Waals surface area contributed by atoms with Crippen molar-refractivity contribution in [2.45, 2.75) is 53.5 Å². The number of carbonyl (C=O) groups is 2. The van der Waals surface area contributed by atoms with Gasteiger partial charge in [-0.1, -0.05) is 27.7 Å². The first-order chi connectivity index (χ1) is 13.7. The molecule has 7 heteroatoms. The SMILES string of the molecule is Cc1ncsc1-c1ccc(ONC(=O)[C@@H]2CCCN2C(=O)[C@@H](C)C(C)(C)C)cc1. The lowest BCUT2D eigenvalue weighted by atomic mass is 9.81. The van der Waals surface area contributed by atoms with E-state index < -0.39 is 6.04 Å². The van der Waals surface area contributed by atoms with E-state index in [0.717, 1.165) is 22.6 Å². The van der Waals surface area contributed by atoms with Gasteiger partial charge in [-0.15, -0.1) is 11.3 Å². The molecule has 156 valence electrons. The van der Waals surface area contributed by atoms with E-state index in [1.54, 1.807) is 16.2 Å². The number of thiazole rings is 1. The van der Waals surface area contributed by atoms with Gasteiger partial charge in [0.25, 0.3) is 5.91 Å². The molecule has 2 atom stereocenters. The molecule has 0 aliphatic carbocycles. The summed E-state index contributed by atoms with van der Waals surface area (Å²) in [7, 11) is 0. The molecule has 0 bridgehead atoms. The maximum Gasteiger partial charge on any atom is 0.275 e. The van der Waals surface area contributed by atoms with Gasteiger partial charge in [0.05, 0.1) is 16.1 Å². The zero-order valence-electron chi connectivity index (χ0n) is 17.7. The Morgan fingerprint density at radius 1 is 1.28 bits per heavy atom. The van der Waals surface area contributed by atoms with Crippen LogP contribution >= 0.6 is 11.3 Å². The van der Waals surface area contributed by atoms with E-state index in [2.05, 4.69) is 10.5 Å². The Morgan fingerprint density at radius 2 is 1.97 bits per heavy atom. The van der Waals surface area contributed by atoms with Crippen LogP contribution < -0.4 is 10.3 Å². The fourth-order valence-corrected chi connectivity index (χ4v) is 4.16. The monoisotopic (exact) mass is 415 g/mol. The second kappa shape index (κ2) is 8.53. The van der Waals surface area contributed by atoms with Crippen LogP contribution in [-0.4, -0.2) is 34.3 Å². The van der Waals surface area contributed by atoms with Gasteiger partial charge in [0.1, 0.15) is 6.04 Å². The number of aromatic nitrogens is 1. The summed E-state index contributed by atoms with van der Waals surface area (Å²) in [4.78, 5) is 38.1. The highest BCUT2D eigenvalue weighted by atomic mass is 32.1. The van der Waals surface area contributed by atoms with Gasteiger partial charge in [-0.3, -0.25) is 9.59 Å². The van der Waals surface area contributed by atoms with E-state index in [-0.39, 0.29) is 23.1 Å². The number of benzene rings is 1. The Balaban J connectivity index is 1.60. The molecule has 1 aromatic heterocycles. The number of carbonyl (C=O) groups excluding carboxylic acids is 2. The van der Waals surface area contributed by atoms with Crippen molar-refractivity contribution in [2.24, 2.45) is 11.3 Å². The van der Waals surface area contributed by atoms with Crippen LogP contribution in [0.2, 0.25) is 0 Å². The quantitative estimate of drug-likeness (QED) is 0.743. The van der Waals surface area contributed by atoms with Crippen molar-refractivity contribution in [1.82, 2.24) is 15.4 Å². The fourth-order valence-electron chi connectivity index (χ4n) is 3.35. The molecule has 0 unspecified atom stereocenters. The van der Waals surface area contributed by atoms with Crippen molar-refractivity contribution >= 4 is 23.2 Å². The van der Waals surface area contributed by atoms with Crippen molar-refractivity contribution in [1.29, 1.82) is 0 Å². The maximum atomic E-state index is 12.9. The minimum atomic E-state index is -0.480. The Bertz CT molecular complexity index is 870.